The van der Waals surface area contributed by atoms with Crippen molar-refractivity contribution in [3.63, 3.8) is 0 Å². The molecular formula is C7H8BrNS. The summed E-state index contributed by atoms with van der Waals surface area (Å²) in [6.45, 7) is 0. The van der Waals surface area contributed by atoms with Gasteiger partial charge < -0.3 is 5.73 Å². The lowest BCUT2D eigenvalue weighted by Gasteiger charge is -2.04. The quantitative estimate of drug-likeness (QED) is 0.769. The molecule has 10 heavy (non-hydrogen) atoms. The fourth-order valence-electron chi connectivity index (χ4n) is 1.01. The van der Waals surface area contributed by atoms with Crippen LogP contribution in [0.5, 0.6) is 0 Å². The van der Waals surface area contributed by atoms with Gasteiger partial charge in [-0.2, -0.15) is 0 Å². The van der Waals surface area contributed by atoms with Crippen molar-refractivity contribution in [1.82, 2.24) is 0 Å². The van der Waals surface area contributed by atoms with Crippen molar-refractivity contribution in [3.05, 3.63) is 20.8 Å². The first-order valence-electron chi connectivity index (χ1n) is 3.25. The first-order chi connectivity index (χ1) is 4.72. The highest BCUT2D eigenvalue weighted by Gasteiger charge is 2.42. The van der Waals surface area contributed by atoms with Crippen LogP contribution in [0.2, 0.25) is 0 Å². The molecule has 0 spiro atoms. The number of hydrogen-bond acceptors (Lipinski definition) is 2. The van der Waals surface area contributed by atoms with Crippen LogP contribution in [0.3, 0.4) is 0 Å². The molecular weight excluding hydrogens is 210 g/mol. The van der Waals surface area contributed by atoms with Crippen molar-refractivity contribution in [1.29, 1.82) is 0 Å². The maximum Gasteiger partial charge on any atom is 0.0516 e. The Morgan fingerprint density at radius 1 is 1.60 bits per heavy atom. The van der Waals surface area contributed by atoms with Gasteiger partial charge in [0.15, 0.2) is 0 Å². The highest BCUT2D eigenvalue weighted by atomic mass is 79.9. The average molecular weight is 218 g/mol. The SMILES string of the molecule is NC1(c2sccc2Br)CC1. The van der Waals surface area contributed by atoms with Gasteiger partial charge in [-0.1, -0.05) is 0 Å². The molecule has 0 aromatic carbocycles. The van der Waals surface area contributed by atoms with Gasteiger partial charge in [-0.3, -0.25) is 0 Å². The van der Waals surface area contributed by atoms with Crippen molar-refractivity contribution >= 4 is 27.3 Å². The van der Waals surface area contributed by atoms with Gasteiger partial charge in [-0.15, -0.1) is 11.3 Å². The Balaban J connectivity index is 2.42. The Bertz CT molecular complexity index is 252. The predicted octanol–water partition coefficient (Wildman–Crippen LogP) is 2.46. The summed E-state index contributed by atoms with van der Waals surface area (Å²) in [5.74, 6) is 0. The van der Waals surface area contributed by atoms with Gasteiger partial charge in [0.05, 0.1) is 5.54 Å². The first-order valence-corrected chi connectivity index (χ1v) is 4.92. The summed E-state index contributed by atoms with van der Waals surface area (Å²) in [4.78, 5) is 1.31. The highest BCUT2D eigenvalue weighted by molar-refractivity contribution is 9.10. The first kappa shape index (κ1) is 6.83. The average Bonchev–Trinajstić information content (AvgIpc) is 2.44. The Labute approximate surface area is 72.4 Å². The van der Waals surface area contributed by atoms with Crippen molar-refractivity contribution < 1.29 is 0 Å². The molecule has 0 bridgehead atoms. The Morgan fingerprint density at radius 2 is 2.30 bits per heavy atom. The molecule has 0 saturated heterocycles. The van der Waals surface area contributed by atoms with Crippen LogP contribution >= 0.6 is 27.3 Å². The van der Waals surface area contributed by atoms with Crippen molar-refractivity contribution in [3.8, 4) is 0 Å². The molecule has 2 rings (SSSR count). The van der Waals surface area contributed by atoms with Crippen LogP contribution in [0.4, 0.5) is 0 Å². The Kier molecular flexibility index (Phi) is 1.41. The summed E-state index contributed by atoms with van der Waals surface area (Å²) in [6.07, 6.45) is 2.29. The summed E-state index contributed by atoms with van der Waals surface area (Å²) >= 11 is 5.22. The van der Waals surface area contributed by atoms with E-state index < -0.39 is 0 Å². The fraction of sp³-hybridized carbons (Fsp3) is 0.429. The highest BCUT2D eigenvalue weighted by Crippen LogP contribution is 2.47. The molecule has 1 saturated carbocycles. The smallest absolute Gasteiger partial charge is 0.0516 e. The van der Waals surface area contributed by atoms with Crippen LogP contribution in [0.25, 0.3) is 0 Å². The van der Waals surface area contributed by atoms with E-state index in [1.165, 1.54) is 9.35 Å². The van der Waals surface area contributed by atoms with Crippen LogP contribution in [-0.4, -0.2) is 0 Å². The molecule has 0 aliphatic heterocycles. The topological polar surface area (TPSA) is 26.0 Å². The molecule has 3 heteroatoms. The lowest BCUT2D eigenvalue weighted by atomic mass is 10.2. The molecule has 0 unspecified atom stereocenters. The largest absolute Gasteiger partial charge is 0.321 e. The molecule has 1 fully saturated rings. The minimum absolute atomic E-state index is 0.0347. The van der Waals surface area contributed by atoms with E-state index in [0.717, 1.165) is 12.8 Å². The number of halogens is 1. The fourth-order valence-corrected chi connectivity index (χ4v) is 2.95. The second-order valence-electron chi connectivity index (χ2n) is 2.75. The monoisotopic (exact) mass is 217 g/mol. The zero-order valence-electron chi connectivity index (χ0n) is 5.43. The molecule has 1 heterocycles. The normalized spacial score (nSPS) is 21.0. The lowest BCUT2D eigenvalue weighted by Crippen LogP contribution is -2.17. The molecule has 0 atom stereocenters. The summed E-state index contributed by atoms with van der Waals surface area (Å²) in [7, 11) is 0. The minimum atomic E-state index is 0.0347. The molecule has 1 aromatic heterocycles. The summed E-state index contributed by atoms with van der Waals surface area (Å²) in [5, 5.41) is 2.08. The van der Waals surface area contributed by atoms with E-state index in [-0.39, 0.29) is 5.54 Å². The summed E-state index contributed by atoms with van der Waals surface area (Å²) < 4.78 is 1.18. The summed E-state index contributed by atoms with van der Waals surface area (Å²) in [6, 6.07) is 2.06. The zero-order valence-corrected chi connectivity index (χ0v) is 7.83. The molecule has 54 valence electrons. The maximum absolute atomic E-state index is 5.99. The van der Waals surface area contributed by atoms with E-state index in [4.69, 9.17) is 5.73 Å². The standard InChI is InChI=1S/C7H8BrNS/c8-5-1-4-10-6(5)7(9)2-3-7/h1,4H,2-3,9H2. The number of rotatable bonds is 1. The molecule has 0 radical (unpaired) electrons. The van der Waals surface area contributed by atoms with Crippen LogP contribution in [-0.2, 0) is 5.54 Å². The zero-order chi connectivity index (χ0) is 7.19. The van der Waals surface area contributed by atoms with Crippen LogP contribution in [0.15, 0.2) is 15.9 Å². The van der Waals surface area contributed by atoms with E-state index >= 15 is 0 Å². The van der Waals surface area contributed by atoms with E-state index in [1.54, 1.807) is 11.3 Å². The summed E-state index contributed by atoms with van der Waals surface area (Å²) in [5.41, 5.74) is 6.03. The lowest BCUT2D eigenvalue weighted by molar-refractivity contribution is 0.755. The minimum Gasteiger partial charge on any atom is -0.321 e. The van der Waals surface area contributed by atoms with E-state index in [2.05, 4.69) is 27.4 Å². The van der Waals surface area contributed by atoms with Gasteiger partial charge in [0.2, 0.25) is 0 Å². The Hall–Kier alpha value is 0.140. The van der Waals surface area contributed by atoms with Gasteiger partial charge in [-0.25, -0.2) is 0 Å². The molecule has 2 N–H and O–H groups in total. The van der Waals surface area contributed by atoms with Crippen LogP contribution in [0, 0.1) is 0 Å². The predicted molar refractivity (Wildman–Crippen MR) is 47.1 cm³/mol. The molecule has 1 nitrogen and oxygen atoms in total. The third kappa shape index (κ3) is 0.929. The number of thiophene rings is 1. The number of hydrogen-bond donors (Lipinski definition) is 1. The second kappa shape index (κ2) is 2.06. The van der Waals surface area contributed by atoms with Crippen LogP contribution < -0.4 is 5.73 Å². The van der Waals surface area contributed by atoms with Gasteiger partial charge in [0, 0.05) is 9.35 Å². The second-order valence-corrected chi connectivity index (χ2v) is 4.52. The Morgan fingerprint density at radius 3 is 2.70 bits per heavy atom. The van der Waals surface area contributed by atoms with Crippen molar-refractivity contribution in [2.24, 2.45) is 5.73 Å². The van der Waals surface area contributed by atoms with Gasteiger partial charge in [-0.05, 0) is 40.2 Å². The number of nitrogens with two attached hydrogens (primary N) is 1. The van der Waals surface area contributed by atoms with Gasteiger partial charge in [0.1, 0.15) is 0 Å². The van der Waals surface area contributed by atoms with Gasteiger partial charge >= 0.3 is 0 Å². The van der Waals surface area contributed by atoms with E-state index in [9.17, 15) is 0 Å². The third-order valence-electron chi connectivity index (χ3n) is 1.86. The van der Waals surface area contributed by atoms with E-state index in [1.807, 2.05) is 0 Å². The van der Waals surface area contributed by atoms with Gasteiger partial charge in [0.25, 0.3) is 0 Å². The molecule has 1 aliphatic carbocycles. The molecule has 1 aliphatic rings. The molecule has 1 aromatic rings. The van der Waals surface area contributed by atoms with E-state index in [0.29, 0.717) is 0 Å². The third-order valence-corrected chi connectivity index (χ3v) is 3.92. The van der Waals surface area contributed by atoms with Crippen LogP contribution in [0.1, 0.15) is 17.7 Å². The molecule has 0 amide bonds. The maximum atomic E-state index is 5.99. The van der Waals surface area contributed by atoms with Crippen molar-refractivity contribution in [2.75, 3.05) is 0 Å². The van der Waals surface area contributed by atoms with Crippen molar-refractivity contribution in [2.45, 2.75) is 18.4 Å².